The van der Waals surface area contributed by atoms with Crippen LogP contribution in [0.3, 0.4) is 0 Å². The normalized spacial score (nSPS) is 20.2. The Morgan fingerprint density at radius 1 is 1.79 bits per heavy atom. The van der Waals surface area contributed by atoms with Crippen LogP contribution in [0.25, 0.3) is 0 Å². The molecule has 80 valence electrons. The van der Waals surface area contributed by atoms with Crippen LogP contribution < -0.4 is 0 Å². The summed E-state index contributed by atoms with van der Waals surface area (Å²) in [5.41, 5.74) is 0. The van der Waals surface area contributed by atoms with Crippen LogP contribution in [0.2, 0.25) is 0 Å². The Bertz CT molecular complexity index is 248. The molecule has 0 spiro atoms. The van der Waals surface area contributed by atoms with Gasteiger partial charge in [-0.2, -0.15) is 5.06 Å². The molecule has 1 aliphatic heterocycles. The summed E-state index contributed by atoms with van der Waals surface area (Å²) in [6.45, 7) is 2.68. The first kappa shape index (κ1) is 11.4. The molecule has 1 saturated heterocycles. The van der Waals surface area contributed by atoms with Crippen LogP contribution in [0.4, 0.5) is 4.79 Å². The van der Waals surface area contributed by atoms with Gasteiger partial charge in [-0.3, -0.25) is 10.6 Å². The monoisotopic (exact) mass is 219 g/mol. The average Bonchev–Trinajstić information content (AvgIpc) is 2.19. The van der Waals surface area contributed by atoms with E-state index in [1.165, 1.54) is 4.90 Å². The van der Waals surface area contributed by atoms with Gasteiger partial charge >= 0.3 is 6.03 Å². The van der Waals surface area contributed by atoms with Crippen molar-refractivity contribution in [2.75, 3.05) is 13.1 Å². The number of nitrogens with zero attached hydrogens (tertiary/aromatic N) is 2. The lowest BCUT2D eigenvalue weighted by Gasteiger charge is -2.33. The lowest BCUT2D eigenvalue weighted by Crippen LogP contribution is -2.52. The molecule has 0 aliphatic carbocycles. The van der Waals surface area contributed by atoms with E-state index in [4.69, 9.17) is 9.93 Å². The standard InChI is InChI=1S/C7H14N3O3P/c1-5(13-14)4-9-3-2-6(8)10(12)7(9)11/h5,8,12H,2-4,14H2,1H3/t5-/m0/s1. The quantitative estimate of drug-likeness (QED) is 0.541. The lowest BCUT2D eigenvalue weighted by molar-refractivity contribution is -0.00760. The molecular weight excluding hydrogens is 205 g/mol. The average molecular weight is 219 g/mol. The van der Waals surface area contributed by atoms with E-state index < -0.39 is 6.03 Å². The van der Waals surface area contributed by atoms with E-state index >= 15 is 0 Å². The maximum absolute atomic E-state index is 11.4. The molecule has 6 nitrogen and oxygen atoms in total. The van der Waals surface area contributed by atoms with E-state index in [0.29, 0.717) is 24.6 Å². The summed E-state index contributed by atoms with van der Waals surface area (Å²) >= 11 is 0. The predicted molar refractivity (Wildman–Crippen MR) is 53.2 cm³/mol. The van der Waals surface area contributed by atoms with Crippen molar-refractivity contribution < 1.29 is 14.5 Å². The highest BCUT2D eigenvalue weighted by atomic mass is 31.0. The third kappa shape index (κ3) is 2.41. The molecule has 0 aromatic heterocycles. The van der Waals surface area contributed by atoms with Gasteiger partial charge in [0, 0.05) is 29.0 Å². The molecule has 0 radical (unpaired) electrons. The number of hydroxylamine groups is 2. The molecule has 2 atom stereocenters. The van der Waals surface area contributed by atoms with Crippen molar-refractivity contribution in [1.82, 2.24) is 9.96 Å². The van der Waals surface area contributed by atoms with Crippen molar-refractivity contribution in [3.05, 3.63) is 0 Å². The van der Waals surface area contributed by atoms with Crippen LogP contribution in [0, 0.1) is 5.41 Å². The summed E-state index contributed by atoms with van der Waals surface area (Å²) in [6, 6.07) is -0.560. The summed E-state index contributed by atoms with van der Waals surface area (Å²) in [5.74, 6) is -0.0642. The third-order valence-electron chi connectivity index (χ3n) is 2.04. The minimum atomic E-state index is -0.560. The zero-order chi connectivity index (χ0) is 10.7. The number of hydrogen-bond acceptors (Lipinski definition) is 4. The second kappa shape index (κ2) is 4.68. The molecular formula is C7H14N3O3P. The van der Waals surface area contributed by atoms with Crippen molar-refractivity contribution in [3.8, 4) is 0 Å². The molecule has 1 fully saturated rings. The molecule has 0 aromatic carbocycles. The van der Waals surface area contributed by atoms with Crippen LogP contribution >= 0.6 is 9.47 Å². The number of rotatable bonds is 3. The van der Waals surface area contributed by atoms with Crippen LogP contribution in [0.5, 0.6) is 0 Å². The summed E-state index contributed by atoms with van der Waals surface area (Å²) in [7, 11) is 2.13. The topological polar surface area (TPSA) is 76.9 Å². The second-order valence-corrected chi connectivity index (χ2v) is 3.46. The van der Waals surface area contributed by atoms with Gasteiger partial charge in [-0.15, -0.1) is 0 Å². The molecule has 2 N–H and O–H groups in total. The van der Waals surface area contributed by atoms with Crippen molar-refractivity contribution in [2.24, 2.45) is 0 Å². The van der Waals surface area contributed by atoms with Crippen molar-refractivity contribution >= 4 is 21.3 Å². The molecule has 0 aromatic rings. The van der Waals surface area contributed by atoms with Gasteiger partial charge in [0.1, 0.15) is 5.84 Å². The minimum absolute atomic E-state index is 0.0642. The molecule has 1 aliphatic rings. The minimum Gasteiger partial charge on any atom is -0.361 e. The fourth-order valence-electron chi connectivity index (χ4n) is 1.21. The SMILES string of the molecule is C[C@@H](CN1CCC(=N)N(O)C1=O)OP. The highest BCUT2D eigenvalue weighted by Gasteiger charge is 2.29. The fourth-order valence-corrected chi connectivity index (χ4v) is 1.30. The molecule has 1 heterocycles. The van der Waals surface area contributed by atoms with E-state index in [1.54, 1.807) is 0 Å². The number of urea groups is 1. The van der Waals surface area contributed by atoms with E-state index in [9.17, 15) is 10.0 Å². The van der Waals surface area contributed by atoms with Crippen LogP contribution in [0.15, 0.2) is 0 Å². The van der Waals surface area contributed by atoms with Crippen molar-refractivity contribution in [2.45, 2.75) is 19.4 Å². The van der Waals surface area contributed by atoms with Crippen LogP contribution in [-0.4, -0.2) is 46.2 Å². The van der Waals surface area contributed by atoms with Gasteiger partial charge in [0.05, 0.1) is 6.10 Å². The molecule has 1 rings (SSSR count). The Labute approximate surface area is 84.6 Å². The Kier molecular flexibility index (Phi) is 3.80. The Morgan fingerprint density at radius 2 is 2.43 bits per heavy atom. The summed E-state index contributed by atoms with van der Waals surface area (Å²) < 4.78 is 4.93. The molecule has 14 heavy (non-hydrogen) atoms. The Balaban J connectivity index is 2.55. The van der Waals surface area contributed by atoms with Gasteiger partial charge in [-0.25, -0.2) is 4.79 Å². The van der Waals surface area contributed by atoms with Crippen molar-refractivity contribution in [3.63, 3.8) is 0 Å². The smallest absolute Gasteiger partial charge is 0.349 e. The van der Waals surface area contributed by atoms with Crippen LogP contribution in [-0.2, 0) is 4.52 Å². The number of hydrogen-bond donors (Lipinski definition) is 2. The van der Waals surface area contributed by atoms with E-state index in [0.717, 1.165) is 0 Å². The summed E-state index contributed by atoms with van der Waals surface area (Å²) in [5, 5.41) is 16.8. The second-order valence-electron chi connectivity index (χ2n) is 3.18. The number of carbonyl (C=O) groups excluding carboxylic acids is 1. The highest BCUT2D eigenvalue weighted by Crippen LogP contribution is 2.10. The van der Waals surface area contributed by atoms with Crippen molar-refractivity contribution in [1.29, 1.82) is 5.41 Å². The summed E-state index contributed by atoms with van der Waals surface area (Å²) in [4.78, 5) is 12.8. The lowest BCUT2D eigenvalue weighted by atomic mass is 10.2. The first-order chi connectivity index (χ1) is 6.56. The van der Waals surface area contributed by atoms with Gasteiger partial charge in [-0.05, 0) is 6.92 Å². The molecule has 0 bridgehead atoms. The Morgan fingerprint density at radius 3 is 3.00 bits per heavy atom. The maximum atomic E-state index is 11.4. The maximum Gasteiger partial charge on any atom is 0.349 e. The predicted octanol–water partition coefficient (Wildman–Crippen LogP) is 0.676. The van der Waals surface area contributed by atoms with E-state index in [-0.39, 0.29) is 11.9 Å². The molecule has 0 saturated carbocycles. The van der Waals surface area contributed by atoms with E-state index in [1.807, 2.05) is 6.92 Å². The molecule has 7 heteroatoms. The Hall–Kier alpha value is -0.710. The van der Waals surface area contributed by atoms with Gasteiger partial charge in [0.25, 0.3) is 0 Å². The van der Waals surface area contributed by atoms with Gasteiger partial charge in [0.15, 0.2) is 0 Å². The number of carbonyl (C=O) groups is 1. The third-order valence-corrected chi connectivity index (χ3v) is 2.50. The van der Waals surface area contributed by atoms with E-state index in [2.05, 4.69) is 9.47 Å². The zero-order valence-electron chi connectivity index (χ0n) is 7.93. The largest absolute Gasteiger partial charge is 0.361 e. The molecule has 1 unspecified atom stereocenters. The van der Waals surface area contributed by atoms with Gasteiger partial charge < -0.3 is 9.42 Å². The number of amidine groups is 1. The van der Waals surface area contributed by atoms with Gasteiger partial charge in [0.2, 0.25) is 0 Å². The van der Waals surface area contributed by atoms with Gasteiger partial charge in [-0.1, -0.05) is 0 Å². The highest BCUT2D eigenvalue weighted by molar-refractivity contribution is 7.09. The summed E-state index contributed by atoms with van der Waals surface area (Å²) in [6.07, 6.45) is 0.260. The number of amides is 2. The first-order valence-electron chi connectivity index (χ1n) is 4.27. The molecule has 2 amide bonds. The fraction of sp³-hybridized carbons (Fsp3) is 0.714. The first-order valence-corrected chi connectivity index (χ1v) is 4.74. The van der Waals surface area contributed by atoms with Crippen LogP contribution in [0.1, 0.15) is 13.3 Å². The number of nitrogens with one attached hydrogen (secondary N) is 1. The zero-order valence-corrected chi connectivity index (χ0v) is 9.09.